The third-order valence-corrected chi connectivity index (χ3v) is 5.09. The van der Waals surface area contributed by atoms with Gasteiger partial charge in [0.2, 0.25) is 0 Å². The van der Waals surface area contributed by atoms with Crippen molar-refractivity contribution >= 4 is 18.2 Å². The van der Waals surface area contributed by atoms with Crippen LogP contribution in [0.25, 0.3) is 11.1 Å². The van der Waals surface area contributed by atoms with E-state index in [9.17, 15) is 4.39 Å². The van der Waals surface area contributed by atoms with Crippen LogP contribution >= 0.6 is 0 Å². The first-order valence-electron chi connectivity index (χ1n) is 11.1. The second-order valence-electron chi connectivity index (χ2n) is 7.71. The Morgan fingerprint density at radius 1 is 0.971 bits per heavy atom. The molecule has 5 nitrogen and oxygen atoms in total. The molecule has 1 N–H and O–H groups in total. The van der Waals surface area contributed by atoms with Crippen molar-refractivity contribution in [1.29, 1.82) is 0 Å². The molecule has 3 aromatic carbocycles. The SMILES string of the molecule is C=NC(=Nc1ccc(-c2cccc(OC)c2)cc1Cc1ccc(F)cc1)c1cccnc1.CNC. The number of aliphatic imine (C=N–C) groups is 2. The van der Waals surface area contributed by atoms with Gasteiger partial charge in [0.15, 0.2) is 5.84 Å². The molecule has 178 valence electrons. The van der Waals surface area contributed by atoms with E-state index in [0.29, 0.717) is 12.3 Å². The molecular formula is C29H29FN4O. The van der Waals surface area contributed by atoms with Crippen molar-refractivity contribution in [3.05, 3.63) is 114 Å². The van der Waals surface area contributed by atoms with Gasteiger partial charge in [-0.05, 0) is 98.0 Å². The molecule has 1 heterocycles. The Kier molecular flexibility index (Phi) is 9.39. The average molecular weight is 469 g/mol. The minimum atomic E-state index is -0.258. The number of rotatable bonds is 6. The smallest absolute Gasteiger partial charge is 0.160 e. The van der Waals surface area contributed by atoms with Crippen molar-refractivity contribution < 1.29 is 9.13 Å². The molecule has 0 fully saturated rings. The van der Waals surface area contributed by atoms with Gasteiger partial charge in [-0.25, -0.2) is 14.4 Å². The number of nitrogens with zero attached hydrogens (tertiary/aromatic N) is 3. The van der Waals surface area contributed by atoms with E-state index in [-0.39, 0.29) is 5.82 Å². The first-order valence-corrected chi connectivity index (χ1v) is 11.1. The van der Waals surface area contributed by atoms with Gasteiger partial charge in [-0.15, -0.1) is 0 Å². The number of hydrogen-bond donors (Lipinski definition) is 1. The summed E-state index contributed by atoms with van der Waals surface area (Å²) in [5, 5.41) is 2.75. The topological polar surface area (TPSA) is 58.9 Å². The number of nitrogens with one attached hydrogen (secondary N) is 1. The summed E-state index contributed by atoms with van der Waals surface area (Å²) in [4.78, 5) is 13.0. The van der Waals surface area contributed by atoms with Crippen molar-refractivity contribution in [1.82, 2.24) is 10.3 Å². The fourth-order valence-corrected chi connectivity index (χ4v) is 3.44. The molecule has 0 aliphatic carbocycles. The number of amidine groups is 1. The molecule has 0 unspecified atom stereocenters. The van der Waals surface area contributed by atoms with E-state index in [2.05, 4.69) is 28.1 Å². The number of halogens is 1. The highest BCUT2D eigenvalue weighted by Gasteiger charge is 2.10. The van der Waals surface area contributed by atoms with Crippen molar-refractivity contribution in [2.45, 2.75) is 6.42 Å². The molecular weight excluding hydrogens is 439 g/mol. The fraction of sp³-hybridized carbons (Fsp3) is 0.138. The number of hydrogen-bond acceptors (Lipinski definition) is 4. The molecule has 0 saturated heterocycles. The van der Waals surface area contributed by atoms with Crippen LogP contribution in [0.5, 0.6) is 5.75 Å². The highest BCUT2D eigenvalue weighted by atomic mass is 19.1. The lowest BCUT2D eigenvalue weighted by Crippen LogP contribution is -1.98. The van der Waals surface area contributed by atoms with E-state index < -0.39 is 0 Å². The maximum Gasteiger partial charge on any atom is 0.160 e. The lowest BCUT2D eigenvalue weighted by Gasteiger charge is -2.12. The van der Waals surface area contributed by atoms with Crippen LogP contribution in [-0.4, -0.2) is 38.7 Å². The number of benzene rings is 3. The second-order valence-corrected chi connectivity index (χ2v) is 7.71. The Morgan fingerprint density at radius 2 is 1.71 bits per heavy atom. The fourth-order valence-electron chi connectivity index (χ4n) is 3.44. The molecule has 0 saturated carbocycles. The molecule has 0 amide bonds. The van der Waals surface area contributed by atoms with Gasteiger partial charge in [-0.2, -0.15) is 0 Å². The zero-order valence-corrected chi connectivity index (χ0v) is 20.2. The van der Waals surface area contributed by atoms with Crippen LogP contribution in [0.15, 0.2) is 101 Å². The monoisotopic (exact) mass is 468 g/mol. The molecule has 0 aliphatic heterocycles. The Bertz CT molecular complexity index is 1270. The first-order chi connectivity index (χ1) is 17.1. The number of pyridine rings is 1. The second kappa shape index (κ2) is 12.9. The normalized spacial score (nSPS) is 10.8. The zero-order valence-electron chi connectivity index (χ0n) is 20.2. The van der Waals surface area contributed by atoms with Gasteiger partial charge in [-0.1, -0.05) is 30.3 Å². The summed E-state index contributed by atoms with van der Waals surface area (Å²) in [5.41, 5.74) is 5.60. The molecule has 0 radical (unpaired) electrons. The van der Waals surface area contributed by atoms with Gasteiger partial charge in [-0.3, -0.25) is 4.98 Å². The molecule has 0 spiro atoms. The van der Waals surface area contributed by atoms with Gasteiger partial charge in [0.05, 0.1) is 12.8 Å². The van der Waals surface area contributed by atoms with E-state index in [1.807, 2.05) is 62.6 Å². The molecule has 1 aromatic heterocycles. The molecule has 0 bridgehead atoms. The Hall–Kier alpha value is -4.16. The standard InChI is InChI=1S/C27H22FN3O.C2H7N/c1-29-27(22-6-4-14-30-18-22)31-26-13-10-21(20-5-3-7-25(17-20)32-2)16-23(26)15-19-8-11-24(28)12-9-19;1-3-2/h3-14,16-18H,1,15H2,2H3;3H,1-2H3. The highest BCUT2D eigenvalue weighted by molar-refractivity contribution is 6.02. The van der Waals surface area contributed by atoms with E-state index in [1.54, 1.807) is 31.6 Å². The van der Waals surface area contributed by atoms with Crippen LogP contribution in [0.3, 0.4) is 0 Å². The van der Waals surface area contributed by atoms with Gasteiger partial charge >= 0.3 is 0 Å². The molecule has 35 heavy (non-hydrogen) atoms. The lowest BCUT2D eigenvalue weighted by molar-refractivity contribution is 0.415. The summed E-state index contributed by atoms with van der Waals surface area (Å²) in [6.07, 6.45) is 4.00. The van der Waals surface area contributed by atoms with Crippen LogP contribution in [-0.2, 0) is 6.42 Å². The van der Waals surface area contributed by atoms with E-state index in [1.165, 1.54) is 12.1 Å². The third-order valence-electron chi connectivity index (χ3n) is 5.09. The van der Waals surface area contributed by atoms with Crippen LogP contribution in [0.4, 0.5) is 10.1 Å². The number of aromatic nitrogens is 1. The van der Waals surface area contributed by atoms with Gasteiger partial charge in [0.1, 0.15) is 11.6 Å². The molecule has 4 aromatic rings. The van der Waals surface area contributed by atoms with Gasteiger partial charge in [0, 0.05) is 18.0 Å². The quantitative estimate of drug-likeness (QED) is 0.275. The van der Waals surface area contributed by atoms with Crippen LogP contribution in [0, 0.1) is 5.82 Å². The van der Waals surface area contributed by atoms with Crippen LogP contribution < -0.4 is 10.1 Å². The lowest BCUT2D eigenvalue weighted by atomic mass is 9.97. The average Bonchev–Trinajstić information content (AvgIpc) is 2.90. The Morgan fingerprint density at radius 3 is 2.37 bits per heavy atom. The summed E-state index contributed by atoms with van der Waals surface area (Å²) in [7, 11) is 5.40. The molecule has 0 atom stereocenters. The highest BCUT2D eigenvalue weighted by Crippen LogP contribution is 2.31. The summed E-state index contributed by atoms with van der Waals surface area (Å²) < 4.78 is 18.8. The Labute approximate surface area is 206 Å². The van der Waals surface area contributed by atoms with Crippen LogP contribution in [0.2, 0.25) is 0 Å². The summed E-state index contributed by atoms with van der Waals surface area (Å²) in [6, 6.07) is 24.2. The van der Waals surface area contributed by atoms with Crippen LogP contribution in [0.1, 0.15) is 16.7 Å². The summed E-state index contributed by atoms with van der Waals surface area (Å²) in [6.45, 7) is 3.68. The predicted octanol–water partition coefficient (Wildman–Crippen LogP) is 6.10. The molecule has 0 aliphatic rings. The number of ether oxygens (including phenoxy) is 1. The van der Waals surface area contributed by atoms with E-state index in [4.69, 9.17) is 9.73 Å². The van der Waals surface area contributed by atoms with Crippen molar-refractivity contribution in [2.75, 3.05) is 21.2 Å². The molecule has 6 heteroatoms. The van der Waals surface area contributed by atoms with Gasteiger partial charge < -0.3 is 10.1 Å². The van der Waals surface area contributed by atoms with Crippen molar-refractivity contribution in [2.24, 2.45) is 9.98 Å². The summed E-state index contributed by atoms with van der Waals surface area (Å²) in [5.74, 6) is 1.03. The third kappa shape index (κ3) is 7.16. The van der Waals surface area contributed by atoms with Crippen molar-refractivity contribution in [3.8, 4) is 16.9 Å². The minimum Gasteiger partial charge on any atom is -0.497 e. The predicted molar refractivity (Wildman–Crippen MR) is 143 cm³/mol. The zero-order chi connectivity index (χ0) is 25.0. The summed E-state index contributed by atoms with van der Waals surface area (Å²) >= 11 is 0. The van der Waals surface area contributed by atoms with Gasteiger partial charge in [0.25, 0.3) is 0 Å². The van der Waals surface area contributed by atoms with Crippen molar-refractivity contribution in [3.63, 3.8) is 0 Å². The molecule has 4 rings (SSSR count). The first kappa shape index (κ1) is 25.5. The minimum absolute atomic E-state index is 0.258. The number of methoxy groups -OCH3 is 1. The van der Waals surface area contributed by atoms with E-state index >= 15 is 0 Å². The van der Waals surface area contributed by atoms with E-state index in [0.717, 1.165) is 39.3 Å². The Balaban J connectivity index is 0.00000108. The maximum absolute atomic E-state index is 13.4. The largest absolute Gasteiger partial charge is 0.497 e. The maximum atomic E-state index is 13.4.